The minimum absolute atomic E-state index is 0.115. The maximum atomic E-state index is 13.1. The molecular weight excluding hydrogens is 255 g/mol. The monoisotopic (exact) mass is 273 g/mol. The summed E-state index contributed by atoms with van der Waals surface area (Å²) in [6.45, 7) is 0.388. The number of benzene rings is 1. The fourth-order valence-corrected chi connectivity index (χ4v) is 2.65. The summed E-state index contributed by atoms with van der Waals surface area (Å²) in [6.07, 6.45) is 4.08. The van der Waals surface area contributed by atoms with Crippen molar-refractivity contribution in [3.8, 4) is 0 Å². The molecule has 1 aliphatic carbocycles. The maximum absolute atomic E-state index is 13.1. The van der Waals surface area contributed by atoms with Gasteiger partial charge in [0.05, 0.1) is 0 Å². The van der Waals surface area contributed by atoms with E-state index in [1.165, 1.54) is 0 Å². The predicted octanol–water partition coefficient (Wildman–Crippen LogP) is 2.74. The molecular formula is C14H18F3NO. The first kappa shape index (κ1) is 14.3. The van der Waals surface area contributed by atoms with Crippen LogP contribution in [0.1, 0.15) is 31.2 Å². The van der Waals surface area contributed by atoms with Gasteiger partial charge in [0.15, 0.2) is 17.5 Å². The van der Waals surface area contributed by atoms with E-state index in [1.807, 2.05) is 0 Å². The summed E-state index contributed by atoms with van der Waals surface area (Å²) in [4.78, 5) is 0. The Labute approximate surface area is 110 Å². The number of nitrogens with one attached hydrogen (secondary N) is 1. The van der Waals surface area contributed by atoms with Crippen molar-refractivity contribution in [1.82, 2.24) is 5.32 Å². The Bertz CT molecular complexity index is 416. The predicted molar refractivity (Wildman–Crippen MR) is 66.0 cm³/mol. The van der Waals surface area contributed by atoms with E-state index < -0.39 is 17.5 Å². The van der Waals surface area contributed by atoms with Crippen molar-refractivity contribution in [1.29, 1.82) is 0 Å². The molecule has 1 aliphatic rings. The van der Waals surface area contributed by atoms with Crippen LogP contribution < -0.4 is 5.32 Å². The van der Waals surface area contributed by atoms with Crippen LogP contribution in [0.3, 0.4) is 0 Å². The SMILES string of the molecule is OCC1CCCCC1NCc1cc(F)c(F)c(F)c1. The summed E-state index contributed by atoms with van der Waals surface area (Å²) in [7, 11) is 0. The largest absolute Gasteiger partial charge is 0.396 e. The molecule has 2 unspecified atom stereocenters. The number of aliphatic hydroxyl groups excluding tert-OH is 1. The Hall–Kier alpha value is -1.07. The van der Waals surface area contributed by atoms with Gasteiger partial charge >= 0.3 is 0 Å². The van der Waals surface area contributed by atoms with E-state index in [4.69, 9.17) is 0 Å². The van der Waals surface area contributed by atoms with Gasteiger partial charge in [-0.15, -0.1) is 0 Å². The van der Waals surface area contributed by atoms with Gasteiger partial charge in [-0.3, -0.25) is 0 Å². The highest BCUT2D eigenvalue weighted by atomic mass is 19.2. The molecule has 1 saturated carbocycles. The third-order valence-electron chi connectivity index (χ3n) is 3.76. The molecule has 0 heterocycles. The van der Waals surface area contributed by atoms with Gasteiger partial charge in [0.2, 0.25) is 0 Å². The molecule has 2 nitrogen and oxygen atoms in total. The second kappa shape index (κ2) is 6.39. The highest BCUT2D eigenvalue weighted by Crippen LogP contribution is 2.24. The molecule has 0 aliphatic heterocycles. The van der Waals surface area contributed by atoms with Gasteiger partial charge in [-0.05, 0) is 36.5 Å². The fraction of sp³-hybridized carbons (Fsp3) is 0.571. The normalized spacial score (nSPS) is 23.6. The lowest BCUT2D eigenvalue weighted by atomic mass is 9.85. The zero-order valence-corrected chi connectivity index (χ0v) is 10.6. The zero-order chi connectivity index (χ0) is 13.8. The molecule has 1 aromatic carbocycles. The fourth-order valence-electron chi connectivity index (χ4n) is 2.65. The minimum atomic E-state index is -1.44. The molecule has 2 rings (SSSR count). The first-order valence-electron chi connectivity index (χ1n) is 6.59. The second-order valence-corrected chi connectivity index (χ2v) is 5.09. The van der Waals surface area contributed by atoms with Crippen molar-refractivity contribution in [3.05, 3.63) is 35.1 Å². The average Bonchev–Trinajstić information content (AvgIpc) is 2.42. The molecule has 19 heavy (non-hydrogen) atoms. The van der Waals surface area contributed by atoms with Crippen LogP contribution in [-0.2, 0) is 6.54 Å². The molecule has 0 saturated heterocycles. The first-order valence-corrected chi connectivity index (χ1v) is 6.59. The highest BCUT2D eigenvalue weighted by Gasteiger charge is 2.24. The molecule has 0 aromatic heterocycles. The molecule has 2 atom stereocenters. The van der Waals surface area contributed by atoms with E-state index in [0.717, 1.165) is 37.8 Å². The first-order chi connectivity index (χ1) is 9.11. The van der Waals surface area contributed by atoms with Crippen LogP contribution in [0.2, 0.25) is 0 Å². The van der Waals surface area contributed by atoms with E-state index in [0.29, 0.717) is 5.56 Å². The van der Waals surface area contributed by atoms with Gasteiger partial charge in [-0.2, -0.15) is 0 Å². The summed E-state index contributed by atoms with van der Waals surface area (Å²) in [5, 5.41) is 12.5. The third kappa shape index (κ3) is 3.48. The van der Waals surface area contributed by atoms with Crippen molar-refractivity contribution in [3.63, 3.8) is 0 Å². The number of hydrogen-bond donors (Lipinski definition) is 2. The van der Waals surface area contributed by atoms with Gasteiger partial charge in [0, 0.05) is 19.2 Å². The molecule has 1 aromatic rings. The van der Waals surface area contributed by atoms with Gasteiger partial charge in [0.1, 0.15) is 0 Å². The van der Waals surface area contributed by atoms with E-state index in [9.17, 15) is 18.3 Å². The van der Waals surface area contributed by atoms with E-state index in [1.54, 1.807) is 0 Å². The molecule has 5 heteroatoms. The smallest absolute Gasteiger partial charge is 0.194 e. The van der Waals surface area contributed by atoms with Crippen LogP contribution in [0.25, 0.3) is 0 Å². The van der Waals surface area contributed by atoms with Crippen LogP contribution in [0, 0.1) is 23.4 Å². The number of halogens is 3. The highest BCUT2D eigenvalue weighted by molar-refractivity contribution is 5.19. The third-order valence-corrected chi connectivity index (χ3v) is 3.76. The molecule has 106 valence electrons. The number of hydrogen-bond acceptors (Lipinski definition) is 2. The number of aliphatic hydroxyl groups is 1. The van der Waals surface area contributed by atoms with E-state index in [2.05, 4.69) is 5.32 Å². The van der Waals surface area contributed by atoms with Gasteiger partial charge in [0.25, 0.3) is 0 Å². The zero-order valence-electron chi connectivity index (χ0n) is 10.6. The van der Waals surface area contributed by atoms with Crippen LogP contribution >= 0.6 is 0 Å². The van der Waals surface area contributed by atoms with E-state index >= 15 is 0 Å². The Kier molecular flexibility index (Phi) is 4.82. The van der Waals surface area contributed by atoms with Crippen molar-refractivity contribution >= 4 is 0 Å². The second-order valence-electron chi connectivity index (χ2n) is 5.09. The molecule has 1 fully saturated rings. The summed E-state index contributed by atoms with van der Waals surface area (Å²) < 4.78 is 39.0. The molecule has 0 bridgehead atoms. The molecule has 0 spiro atoms. The lowest BCUT2D eigenvalue weighted by Crippen LogP contribution is -2.39. The average molecular weight is 273 g/mol. The Balaban J connectivity index is 1.98. The number of rotatable bonds is 4. The quantitative estimate of drug-likeness (QED) is 0.827. The van der Waals surface area contributed by atoms with Crippen LogP contribution in [0.4, 0.5) is 13.2 Å². The van der Waals surface area contributed by atoms with Crippen molar-refractivity contribution < 1.29 is 18.3 Å². The van der Waals surface area contributed by atoms with Gasteiger partial charge < -0.3 is 10.4 Å². The van der Waals surface area contributed by atoms with Crippen LogP contribution in [0.15, 0.2) is 12.1 Å². The van der Waals surface area contributed by atoms with Crippen molar-refractivity contribution in [2.45, 2.75) is 38.3 Å². The summed E-state index contributed by atoms with van der Waals surface area (Å²) in [5.74, 6) is -3.59. The lowest BCUT2D eigenvalue weighted by molar-refractivity contribution is 0.152. The Morgan fingerprint density at radius 3 is 2.37 bits per heavy atom. The van der Waals surface area contributed by atoms with Crippen molar-refractivity contribution in [2.75, 3.05) is 6.61 Å². The van der Waals surface area contributed by atoms with Gasteiger partial charge in [-0.1, -0.05) is 12.8 Å². The van der Waals surface area contributed by atoms with Crippen LogP contribution in [-0.4, -0.2) is 17.8 Å². The Morgan fingerprint density at radius 2 is 1.74 bits per heavy atom. The minimum Gasteiger partial charge on any atom is -0.396 e. The van der Waals surface area contributed by atoms with Crippen LogP contribution in [0.5, 0.6) is 0 Å². The molecule has 2 N–H and O–H groups in total. The molecule has 0 amide bonds. The lowest BCUT2D eigenvalue weighted by Gasteiger charge is -2.31. The van der Waals surface area contributed by atoms with Crippen molar-refractivity contribution in [2.24, 2.45) is 5.92 Å². The summed E-state index contributed by atoms with van der Waals surface area (Å²) >= 11 is 0. The Morgan fingerprint density at radius 1 is 1.11 bits per heavy atom. The molecule has 0 radical (unpaired) electrons. The standard InChI is InChI=1S/C14H18F3NO/c15-11-5-9(6-12(16)14(11)17)7-18-13-4-2-1-3-10(13)8-19/h5-6,10,13,18-19H,1-4,7-8H2. The van der Waals surface area contributed by atoms with Gasteiger partial charge in [-0.25, -0.2) is 13.2 Å². The topological polar surface area (TPSA) is 32.3 Å². The summed E-state index contributed by atoms with van der Waals surface area (Å²) in [6, 6.07) is 2.15. The maximum Gasteiger partial charge on any atom is 0.194 e. The summed E-state index contributed by atoms with van der Waals surface area (Å²) in [5.41, 5.74) is 0.374. The van der Waals surface area contributed by atoms with E-state index in [-0.39, 0.29) is 25.1 Å².